The minimum Gasteiger partial charge on any atom is -0.478 e. The Morgan fingerprint density at radius 3 is 2.52 bits per heavy atom. The smallest absolute Gasteiger partial charge is 0.338 e. The number of carboxylic acids is 1. The van der Waals surface area contributed by atoms with Crippen molar-refractivity contribution in [2.24, 2.45) is 0 Å². The Kier molecular flexibility index (Phi) is 7.61. The molecule has 0 saturated heterocycles. The molecule has 0 bridgehead atoms. The van der Waals surface area contributed by atoms with E-state index in [0.717, 1.165) is 23.4 Å². The third-order valence-corrected chi connectivity index (χ3v) is 4.45. The van der Waals surface area contributed by atoms with E-state index in [1.165, 1.54) is 11.8 Å². The van der Waals surface area contributed by atoms with Crippen molar-refractivity contribution in [1.82, 2.24) is 0 Å². The second kappa shape index (κ2) is 8.95. The van der Waals surface area contributed by atoms with E-state index in [0.29, 0.717) is 24.8 Å². The molecule has 4 nitrogen and oxygen atoms in total. The highest BCUT2D eigenvalue weighted by atomic mass is 32.2. The number of nitrogens with zero attached hydrogens (tertiary/aromatic N) is 1. The highest BCUT2D eigenvalue weighted by molar-refractivity contribution is 7.98. The molecule has 0 aliphatic carbocycles. The maximum absolute atomic E-state index is 11.7. The molecule has 0 saturated carbocycles. The highest BCUT2D eigenvalue weighted by Gasteiger charge is 2.23. The van der Waals surface area contributed by atoms with E-state index in [2.05, 4.69) is 18.7 Å². The average molecular weight is 311 g/mol. The average Bonchev–Trinajstić information content (AvgIpc) is 2.50. The zero-order chi connectivity index (χ0) is 15.8. The Balaban J connectivity index is 3.31. The van der Waals surface area contributed by atoms with Gasteiger partial charge >= 0.3 is 5.97 Å². The summed E-state index contributed by atoms with van der Waals surface area (Å²) in [6.07, 6.45) is 3.85. The molecule has 1 aromatic carbocycles. The molecule has 0 atom stereocenters. The number of hydrogen-bond donors (Lipinski definition) is 1. The first-order valence-corrected chi connectivity index (χ1v) is 8.48. The summed E-state index contributed by atoms with van der Waals surface area (Å²) in [5.41, 5.74) is 1.19. The van der Waals surface area contributed by atoms with E-state index in [4.69, 9.17) is 4.74 Å². The van der Waals surface area contributed by atoms with Gasteiger partial charge in [0.1, 0.15) is 0 Å². The van der Waals surface area contributed by atoms with Gasteiger partial charge in [0, 0.05) is 24.6 Å². The molecule has 0 aliphatic rings. The number of methoxy groups -OCH3 is 1. The number of carbonyl (C=O) groups is 1. The van der Waals surface area contributed by atoms with Crippen molar-refractivity contribution >= 4 is 23.4 Å². The second-order valence-corrected chi connectivity index (χ2v) is 5.66. The second-order valence-electron chi connectivity index (χ2n) is 4.82. The lowest BCUT2D eigenvalue weighted by molar-refractivity contribution is 0.0693. The molecular weight excluding hydrogens is 286 g/mol. The Labute approximate surface area is 131 Å². The Morgan fingerprint density at radius 1 is 1.38 bits per heavy atom. The van der Waals surface area contributed by atoms with E-state index in [1.807, 2.05) is 24.5 Å². The van der Waals surface area contributed by atoms with Crippen LogP contribution in [0, 0.1) is 0 Å². The molecule has 1 N–H and O–H groups in total. The summed E-state index contributed by atoms with van der Waals surface area (Å²) in [4.78, 5) is 14.7. The molecular formula is C16H25NO3S. The van der Waals surface area contributed by atoms with Crippen molar-refractivity contribution in [3.63, 3.8) is 0 Å². The largest absolute Gasteiger partial charge is 0.478 e. The van der Waals surface area contributed by atoms with Gasteiger partial charge in [0.25, 0.3) is 0 Å². The molecule has 0 amide bonds. The SMILES string of the molecule is CCC(CC)N(CCOC)c1cccc(SC)c1C(=O)O. The fourth-order valence-corrected chi connectivity index (χ4v) is 3.17. The van der Waals surface area contributed by atoms with Gasteiger partial charge in [0.05, 0.1) is 17.9 Å². The molecule has 0 heterocycles. The standard InChI is InChI=1S/C16H25NO3S/c1-5-12(6-2)17(10-11-20-3)13-8-7-9-14(21-4)15(13)16(18)19/h7-9,12H,5-6,10-11H2,1-4H3,(H,18,19). The monoisotopic (exact) mass is 311 g/mol. The summed E-state index contributed by atoms with van der Waals surface area (Å²) in [6, 6.07) is 6.00. The van der Waals surface area contributed by atoms with E-state index in [9.17, 15) is 9.90 Å². The molecule has 0 unspecified atom stereocenters. The van der Waals surface area contributed by atoms with Crippen LogP contribution >= 0.6 is 11.8 Å². The number of ether oxygens (including phenoxy) is 1. The lowest BCUT2D eigenvalue weighted by atomic mass is 10.1. The molecule has 1 aromatic rings. The first-order valence-electron chi connectivity index (χ1n) is 7.26. The summed E-state index contributed by atoms with van der Waals surface area (Å²) in [6.45, 7) is 5.54. The van der Waals surface area contributed by atoms with Crippen LogP contribution in [-0.4, -0.2) is 43.6 Å². The minimum absolute atomic E-state index is 0.315. The van der Waals surface area contributed by atoms with Crippen LogP contribution in [0.4, 0.5) is 5.69 Å². The Morgan fingerprint density at radius 2 is 2.05 bits per heavy atom. The third-order valence-electron chi connectivity index (χ3n) is 3.67. The van der Waals surface area contributed by atoms with Crippen molar-refractivity contribution in [1.29, 1.82) is 0 Å². The quantitative estimate of drug-likeness (QED) is 0.704. The fourth-order valence-electron chi connectivity index (χ4n) is 2.56. The van der Waals surface area contributed by atoms with Gasteiger partial charge in [0.2, 0.25) is 0 Å². The number of hydrogen-bond acceptors (Lipinski definition) is 4. The molecule has 0 radical (unpaired) electrons. The number of thioether (sulfide) groups is 1. The van der Waals surface area contributed by atoms with Gasteiger partial charge < -0.3 is 14.7 Å². The van der Waals surface area contributed by atoms with Gasteiger partial charge in [-0.15, -0.1) is 11.8 Å². The van der Waals surface area contributed by atoms with Crippen LogP contribution < -0.4 is 4.90 Å². The van der Waals surface area contributed by atoms with Crippen LogP contribution in [0.1, 0.15) is 37.0 Å². The Hall–Kier alpha value is -1.20. The van der Waals surface area contributed by atoms with Crippen molar-refractivity contribution < 1.29 is 14.6 Å². The molecule has 5 heteroatoms. The fraction of sp³-hybridized carbons (Fsp3) is 0.562. The summed E-state index contributed by atoms with van der Waals surface area (Å²) in [7, 11) is 1.67. The molecule has 0 spiro atoms. The van der Waals surface area contributed by atoms with Gasteiger partial charge in [-0.3, -0.25) is 0 Å². The van der Waals surface area contributed by atoms with Gasteiger partial charge in [-0.25, -0.2) is 4.79 Å². The van der Waals surface area contributed by atoms with Crippen LogP contribution in [-0.2, 0) is 4.74 Å². The van der Waals surface area contributed by atoms with Crippen molar-refractivity contribution in [2.75, 3.05) is 31.4 Å². The first kappa shape index (κ1) is 17.9. The van der Waals surface area contributed by atoms with Crippen LogP contribution in [0.3, 0.4) is 0 Å². The number of aromatic carboxylic acids is 1. The lowest BCUT2D eigenvalue weighted by Crippen LogP contribution is -2.38. The van der Waals surface area contributed by atoms with Crippen LogP contribution in [0.15, 0.2) is 23.1 Å². The first-order chi connectivity index (χ1) is 10.1. The third kappa shape index (κ3) is 4.38. The van der Waals surface area contributed by atoms with E-state index < -0.39 is 5.97 Å². The number of anilines is 1. The topological polar surface area (TPSA) is 49.8 Å². The highest BCUT2D eigenvalue weighted by Crippen LogP contribution is 2.31. The lowest BCUT2D eigenvalue weighted by Gasteiger charge is -2.34. The van der Waals surface area contributed by atoms with E-state index >= 15 is 0 Å². The summed E-state index contributed by atoms with van der Waals surface area (Å²) in [5, 5.41) is 9.61. The predicted octanol–water partition coefficient (Wildman–Crippen LogP) is 3.75. The molecule has 0 aliphatic heterocycles. The molecule has 21 heavy (non-hydrogen) atoms. The van der Waals surface area contributed by atoms with Gasteiger partial charge in [0.15, 0.2) is 0 Å². The van der Waals surface area contributed by atoms with Crippen LogP contribution in [0.5, 0.6) is 0 Å². The maximum Gasteiger partial charge on any atom is 0.338 e. The summed E-state index contributed by atoms with van der Waals surface area (Å²) < 4.78 is 5.20. The molecule has 118 valence electrons. The number of carboxylic acid groups (broad SMARTS) is 1. The van der Waals surface area contributed by atoms with Crippen molar-refractivity contribution in [3.8, 4) is 0 Å². The molecule has 1 rings (SSSR count). The number of benzene rings is 1. The van der Waals surface area contributed by atoms with Crippen molar-refractivity contribution in [3.05, 3.63) is 23.8 Å². The van der Waals surface area contributed by atoms with E-state index in [-0.39, 0.29) is 0 Å². The summed E-state index contributed by atoms with van der Waals surface area (Å²) in [5.74, 6) is -0.872. The van der Waals surface area contributed by atoms with E-state index in [1.54, 1.807) is 7.11 Å². The zero-order valence-electron chi connectivity index (χ0n) is 13.3. The number of rotatable bonds is 9. The normalized spacial score (nSPS) is 10.9. The van der Waals surface area contributed by atoms with Gasteiger partial charge in [-0.1, -0.05) is 19.9 Å². The van der Waals surface area contributed by atoms with Gasteiger partial charge in [-0.05, 0) is 31.2 Å². The minimum atomic E-state index is -0.872. The van der Waals surface area contributed by atoms with Gasteiger partial charge in [-0.2, -0.15) is 0 Å². The van der Waals surface area contributed by atoms with Crippen LogP contribution in [0.2, 0.25) is 0 Å². The predicted molar refractivity (Wildman–Crippen MR) is 88.8 cm³/mol. The molecule has 0 aromatic heterocycles. The maximum atomic E-state index is 11.7. The van der Waals surface area contributed by atoms with Crippen molar-refractivity contribution in [2.45, 2.75) is 37.6 Å². The van der Waals surface area contributed by atoms with Crippen LogP contribution in [0.25, 0.3) is 0 Å². The Bertz CT molecular complexity index is 461. The summed E-state index contributed by atoms with van der Waals surface area (Å²) >= 11 is 1.47. The molecule has 0 fully saturated rings. The zero-order valence-corrected chi connectivity index (χ0v) is 14.1.